The molecule has 3 aliphatic heterocycles. The van der Waals surface area contributed by atoms with Gasteiger partial charge in [-0.05, 0) is 44.9 Å². The van der Waals surface area contributed by atoms with E-state index in [0.29, 0.717) is 50.5 Å². The summed E-state index contributed by atoms with van der Waals surface area (Å²) in [4.78, 5) is 12.5. The summed E-state index contributed by atoms with van der Waals surface area (Å²) in [6.07, 6.45) is 7.41. The Hall–Kier alpha value is -0.660. The van der Waals surface area contributed by atoms with Gasteiger partial charge >= 0.3 is 0 Å². The Balaban J connectivity index is 1.45. The maximum atomic E-state index is 12.5. The first-order chi connectivity index (χ1) is 11.5. The minimum Gasteiger partial charge on any atom is -0.353 e. The van der Waals surface area contributed by atoms with Crippen molar-refractivity contribution in [2.75, 3.05) is 18.8 Å². The quantitative estimate of drug-likeness (QED) is 0.749. The van der Waals surface area contributed by atoms with Crippen molar-refractivity contribution in [2.24, 2.45) is 5.92 Å². The summed E-state index contributed by atoms with van der Waals surface area (Å²) < 4.78 is 26.1. The second-order valence-electron chi connectivity index (χ2n) is 7.66. The van der Waals surface area contributed by atoms with E-state index in [0.717, 1.165) is 19.3 Å². The van der Waals surface area contributed by atoms with E-state index in [2.05, 4.69) is 10.6 Å². The Labute approximate surface area is 145 Å². The largest absolute Gasteiger partial charge is 0.353 e. The highest BCUT2D eigenvalue weighted by molar-refractivity contribution is 7.89. The van der Waals surface area contributed by atoms with E-state index >= 15 is 0 Å². The molecule has 0 aromatic rings. The Morgan fingerprint density at radius 2 is 1.75 bits per heavy atom. The zero-order valence-corrected chi connectivity index (χ0v) is 15.5. The summed E-state index contributed by atoms with van der Waals surface area (Å²) in [7, 11) is -3.13. The van der Waals surface area contributed by atoms with Crippen molar-refractivity contribution in [3.63, 3.8) is 0 Å². The van der Waals surface area contributed by atoms with Crippen LogP contribution < -0.4 is 10.6 Å². The van der Waals surface area contributed by atoms with Crippen LogP contribution in [0.25, 0.3) is 0 Å². The molecule has 138 valence electrons. The van der Waals surface area contributed by atoms with Crippen molar-refractivity contribution in [1.29, 1.82) is 0 Å². The van der Waals surface area contributed by atoms with E-state index in [1.54, 1.807) is 4.31 Å². The number of fused-ring (bicyclic) bond motifs is 2. The highest BCUT2D eigenvalue weighted by Gasteiger charge is 2.36. The van der Waals surface area contributed by atoms with Crippen LogP contribution >= 0.6 is 0 Å². The van der Waals surface area contributed by atoms with Crippen molar-refractivity contribution in [1.82, 2.24) is 14.9 Å². The topological polar surface area (TPSA) is 78.5 Å². The molecule has 1 amide bonds. The Kier molecular flexibility index (Phi) is 5.82. The Morgan fingerprint density at radius 3 is 2.33 bits per heavy atom. The first kappa shape index (κ1) is 18.1. The first-order valence-corrected chi connectivity index (χ1v) is 11.1. The zero-order chi connectivity index (χ0) is 17.2. The van der Waals surface area contributed by atoms with Gasteiger partial charge in [-0.15, -0.1) is 0 Å². The molecule has 2 bridgehead atoms. The second-order valence-corrected chi connectivity index (χ2v) is 9.75. The number of carbonyl (C=O) groups is 1. The lowest BCUT2D eigenvalue weighted by Crippen LogP contribution is -2.50. The van der Waals surface area contributed by atoms with Gasteiger partial charge in [-0.3, -0.25) is 4.79 Å². The van der Waals surface area contributed by atoms with Gasteiger partial charge in [0.1, 0.15) is 0 Å². The molecular weight excluding hydrogens is 326 g/mol. The highest BCUT2D eigenvalue weighted by atomic mass is 32.2. The van der Waals surface area contributed by atoms with Gasteiger partial charge < -0.3 is 10.6 Å². The van der Waals surface area contributed by atoms with Gasteiger partial charge in [0.05, 0.1) is 5.75 Å². The number of unbranched alkanes of at least 4 members (excludes halogenated alkanes) is 1. The summed E-state index contributed by atoms with van der Waals surface area (Å²) in [5, 5.41) is 6.82. The summed E-state index contributed by atoms with van der Waals surface area (Å²) >= 11 is 0. The van der Waals surface area contributed by atoms with Gasteiger partial charge in [0, 0.05) is 37.1 Å². The van der Waals surface area contributed by atoms with Crippen molar-refractivity contribution in [3.8, 4) is 0 Å². The molecule has 3 heterocycles. The number of piperidine rings is 2. The van der Waals surface area contributed by atoms with Gasteiger partial charge in [0.25, 0.3) is 0 Å². The summed E-state index contributed by atoms with van der Waals surface area (Å²) in [6, 6.07) is 1.43. The molecule has 0 radical (unpaired) electrons. The molecule has 24 heavy (non-hydrogen) atoms. The van der Waals surface area contributed by atoms with E-state index in [-0.39, 0.29) is 17.6 Å². The van der Waals surface area contributed by atoms with E-state index < -0.39 is 10.0 Å². The van der Waals surface area contributed by atoms with Crippen LogP contribution in [0.1, 0.15) is 58.3 Å². The molecule has 0 saturated carbocycles. The fourth-order valence-electron chi connectivity index (χ4n) is 4.35. The van der Waals surface area contributed by atoms with Gasteiger partial charge in [-0.2, -0.15) is 0 Å². The third-order valence-electron chi connectivity index (χ3n) is 5.79. The maximum Gasteiger partial charge on any atom is 0.223 e. The summed E-state index contributed by atoms with van der Waals surface area (Å²) in [6.45, 7) is 2.97. The monoisotopic (exact) mass is 357 g/mol. The SMILES string of the molecule is CCCCS(=O)(=O)N1CCC(C(=O)NC2CC3CCC(C2)N3)CC1. The van der Waals surface area contributed by atoms with E-state index in [4.69, 9.17) is 0 Å². The molecule has 3 saturated heterocycles. The molecule has 0 spiro atoms. The third kappa shape index (κ3) is 4.29. The summed E-state index contributed by atoms with van der Waals surface area (Å²) in [5.74, 6) is 0.333. The van der Waals surface area contributed by atoms with Crippen LogP contribution in [-0.2, 0) is 14.8 Å². The van der Waals surface area contributed by atoms with Crippen LogP contribution in [0, 0.1) is 5.92 Å². The molecule has 3 rings (SSSR count). The number of nitrogens with one attached hydrogen (secondary N) is 2. The second kappa shape index (κ2) is 7.70. The highest BCUT2D eigenvalue weighted by Crippen LogP contribution is 2.27. The standard InChI is InChI=1S/C17H31N3O3S/c1-2-3-10-24(22,23)20-8-6-13(7-9-20)17(21)19-16-11-14-4-5-15(12-16)18-14/h13-16,18H,2-12H2,1H3,(H,19,21). The van der Waals surface area contributed by atoms with Gasteiger partial charge in [0.2, 0.25) is 15.9 Å². The van der Waals surface area contributed by atoms with Crippen molar-refractivity contribution in [3.05, 3.63) is 0 Å². The van der Waals surface area contributed by atoms with Crippen LogP contribution in [0.15, 0.2) is 0 Å². The first-order valence-electron chi connectivity index (χ1n) is 9.52. The Bertz CT molecular complexity index is 531. The van der Waals surface area contributed by atoms with Gasteiger partial charge in [-0.25, -0.2) is 12.7 Å². The molecule has 7 heteroatoms. The molecule has 2 atom stereocenters. The van der Waals surface area contributed by atoms with Crippen LogP contribution in [0.2, 0.25) is 0 Å². The van der Waals surface area contributed by atoms with Crippen molar-refractivity contribution >= 4 is 15.9 Å². The third-order valence-corrected chi connectivity index (χ3v) is 7.75. The number of sulfonamides is 1. The van der Waals surface area contributed by atoms with Crippen LogP contribution in [0.4, 0.5) is 0 Å². The number of carbonyl (C=O) groups excluding carboxylic acids is 1. The number of nitrogens with zero attached hydrogens (tertiary/aromatic N) is 1. The number of hydrogen-bond donors (Lipinski definition) is 2. The smallest absolute Gasteiger partial charge is 0.223 e. The predicted octanol–water partition coefficient (Wildman–Crippen LogP) is 1.23. The van der Waals surface area contributed by atoms with E-state index in [9.17, 15) is 13.2 Å². The zero-order valence-electron chi connectivity index (χ0n) is 14.7. The fraction of sp³-hybridized carbons (Fsp3) is 0.941. The van der Waals surface area contributed by atoms with Gasteiger partial charge in [0.15, 0.2) is 0 Å². The molecule has 6 nitrogen and oxygen atoms in total. The maximum absolute atomic E-state index is 12.5. The molecular formula is C17H31N3O3S. The van der Waals surface area contributed by atoms with Crippen LogP contribution in [0.5, 0.6) is 0 Å². The summed E-state index contributed by atoms with van der Waals surface area (Å²) in [5.41, 5.74) is 0. The average Bonchev–Trinajstić information content (AvgIpc) is 2.91. The molecule has 2 N–H and O–H groups in total. The number of hydrogen-bond acceptors (Lipinski definition) is 4. The number of amides is 1. The van der Waals surface area contributed by atoms with Crippen molar-refractivity contribution in [2.45, 2.75) is 76.4 Å². The van der Waals surface area contributed by atoms with Gasteiger partial charge in [-0.1, -0.05) is 13.3 Å². The Morgan fingerprint density at radius 1 is 1.12 bits per heavy atom. The lowest BCUT2D eigenvalue weighted by molar-refractivity contribution is -0.127. The van der Waals surface area contributed by atoms with Crippen LogP contribution in [-0.4, -0.2) is 55.6 Å². The fourth-order valence-corrected chi connectivity index (χ4v) is 6.02. The normalized spacial score (nSPS) is 32.0. The molecule has 0 aromatic heterocycles. The van der Waals surface area contributed by atoms with E-state index in [1.807, 2.05) is 6.92 Å². The number of rotatable bonds is 6. The van der Waals surface area contributed by atoms with Crippen LogP contribution in [0.3, 0.4) is 0 Å². The lowest BCUT2D eigenvalue weighted by atomic mass is 9.94. The molecule has 0 aliphatic carbocycles. The molecule has 3 aliphatic rings. The average molecular weight is 358 g/mol. The minimum atomic E-state index is -3.13. The van der Waals surface area contributed by atoms with E-state index in [1.165, 1.54) is 12.8 Å². The molecule has 3 fully saturated rings. The molecule has 0 aromatic carbocycles. The predicted molar refractivity (Wildman–Crippen MR) is 94.1 cm³/mol. The lowest BCUT2D eigenvalue weighted by Gasteiger charge is -2.33. The molecule has 2 unspecified atom stereocenters. The van der Waals surface area contributed by atoms with Crippen molar-refractivity contribution < 1.29 is 13.2 Å². The minimum absolute atomic E-state index is 0.0323.